The smallest absolute Gasteiger partial charge is 0.195 e. The molecule has 0 unspecified atom stereocenters. The zero-order valence-electron chi connectivity index (χ0n) is 5.14. The Balaban J connectivity index is 3.36. The molecule has 0 aliphatic rings. The lowest BCUT2D eigenvalue weighted by molar-refractivity contribution is 0.450. The van der Waals surface area contributed by atoms with Crippen LogP contribution < -0.4 is 5.30 Å². The van der Waals surface area contributed by atoms with E-state index in [1.165, 1.54) is 0 Å². The van der Waals surface area contributed by atoms with Gasteiger partial charge in [-0.3, -0.25) is 4.57 Å². The number of halogens is 3. The van der Waals surface area contributed by atoms with Gasteiger partial charge >= 0.3 is 0 Å². The molecule has 0 amide bonds. The highest BCUT2D eigenvalue weighted by Gasteiger charge is 2.12. The minimum Gasteiger partial charge on any atom is -0.269 e. The molecule has 0 fully saturated rings. The monoisotopic (exact) mass is 178 g/mol. The second kappa shape index (κ2) is 3.01. The van der Waals surface area contributed by atoms with Crippen molar-refractivity contribution >= 4 is 13.8 Å². The summed E-state index contributed by atoms with van der Waals surface area (Å²) in [5.41, 5.74) is 0. The number of hydrogen-bond acceptors (Lipinski definition) is 1. The molecular formula is C6H2F3OP. The van der Waals surface area contributed by atoms with Crippen LogP contribution in [-0.4, -0.2) is 0 Å². The van der Waals surface area contributed by atoms with Gasteiger partial charge in [-0.25, -0.2) is 13.2 Å². The van der Waals surface area contributed by atoms with Crippen LogP contribution in [0.4, 0.5) is 13.2 Å². The zero-order valence-corrected chi connectivity index (χ0v) is 6.04. The summed E-state index contributed by atoms with van der Waals surface area (Å²) in [6, 6.07) is 1.64. The van der Waals surface area contributed by atoms with Gasteiger partial charge in [-0.1, -0.05) is 0 Å². The molecule has 1 rings (SSSR count). The van der Waals surface area contributed by atoms with Gasteiger partial charge in [0.05, 0.1) is 5.30 Å². The van der Waals surface area contributed by atoms with Crippen LogP contribution in [-0.2, 0) is 4.57 Å². The largest absolute Gasteiger partial charge is 0.269 e. The molecule has 0 aliphatic carbocycles. The van der Waals surface area contributed by atoms with E-state index in [9.17, 15) is 17.7 Å². The number of rotatable bonds is 1. The van der Waals surface area contributed by atoms with Crippen LogP contribution in [0.3, 0.4) is 0 Å². The summed E-state index contributed by atoms with van der Waals surface area (Å²) in [6.07, 6.45) is 0. The summed E-state index contributed by atoms with van der Waals surface area (Å²) in [5, 5.41) is -0.385. The van der Waals surface area contributed by atoms with E-state index in [1.807, 2.05) is 0 Å². The van der Waals surface area contributed by atoms with Crippen LogP contribution in [0.1, 0.15) is 0 Å². The van der Waals surface area contributed by atoms with Crippen LogP contribution in [0.2, 0.25) is 0 Å². The van der Waals surface area contributed by atoms with Gasteiger partial charge in [-0.05, 0) is 12.1 Å². The summed E-state index contributed by atoms with van der Waals surface area (Å²) in [7, 11) is -0.662. The standard InChI is InChI=1S/C6H2F3OP/c7-3-1-2-4(11-10)6(9)5(3)8/h1-2H. The Labute approximate surface area is 62.0 Å². The SMILES string of the molecule is O=Pc1ccc(F)c(F)c1F. The molecule has 0 saturated heterocycles. The van der Waals surface area contributed by atoms with Crippen LogP contribution in [0.15, 0.2) is 12.1 Å². The van der Waals surface area contributed by atoms with Gasteiger partial charge in [0.1, 0.15) is 0 Å². The van der Waals surface area contributed by atoms with Gasteiger partial charge in [0, 0.05) is 0 Å². The predicted molar refractivity (Wildman–Crippen MR) is 33.6 cm³/mol. The Bertz CT molecular complexity index is 300. The minimum atomic E-state index is -1.59. The lowest BCUT2D eigenvalue weighted by Crippen LogP contribution is -2.04. The van der Waals surface area contributed by atoms with Crippen LogP contribution in [0, 0.1) is 17.5 Å². The number of benzene rings is 1. The molecule has 0 heterocycles. The Kier molecular flexibility index (Phi) is 2.25. The fourth-order valence-electron chi connectivity index (χ4n) is 0.586. The minimum absolute atomic E-state index is 0.385. The highest BCUT2D eigenvalue weighted by molar-refractivity contribution is 7.34. The lowest BCUT2D eigenvalue weighted by Gasteiger charge is -1.94. The Morgan fingerprint density at radius 3 is 2.27 bits per heavy atom. The second-order valence-electron chi connectivity index (χ2n) is 1.79. The van der Waals surface area contributed by atoms with Gasteiger partial charge in [-0.2, -0.15) is 0 Å². The van der Waals surface area contributed by atoms with Crippen molar-refractivity contribution in [3.63, 3.8) is 0 Å². The van der Waals surface area contributed by atoms with Crippen molar-refractivity contribution in [1.82, 2.24) is 0 Å². The van der Waals surface area contributed by atoms with Crippen molar-refractivity contribution in [3.8, 4) is 0 Å². The molecule has 0 saturated carbocycles. The first-order valence-electron chi connectivity index (χ1n) is 2.63. The number of hydrogen-bond donors (Lipinski definition) is 0. The second-order valence-corrected chi connectivity index (χ2v) is 2.45. The Morgan fingerprint density at radius 2 is 1.73 bits per heavy atom. The maximum Gasteiger partial charge on any atom is 0.195 e. The molecule has 0 radical (unpaired) electrons. The van der Waals surface area contributed by atoms with E-state index in [0.717, 1.165) is 12.1 Å². The molecule has 1 nitrogen and oxygen atoms in total. The van der Waals surface area contributed by atoms with Gasteiger partial charge < -0.3 is 0 Å². The molecular weight excluding hydrogens is 176 g/mol. The third-order valence-corrected chi connectivity index (χ3v) is 1.66. The Morgan fingerprint density at radius 1 is 1.09 bits per heavy atom. The van der Waals surface area contributed by atoms with Crippen LogP contribution in [0.25, 0.3) is 0 Å². The molecule has 0 N–H and O–H groups in total. The maximum absolute atomic E-state index is 12.4. The zero-order chi connectivity index (χ0) is 8.43. The third-order valence-electron chi connectivity index (χ3n) is 1.11. The van der Waals surface area contributed by atoms with E-state index >= 15 is 0 Å². The van der Waals surface area contributed by atoms with Crippen molar-refractivity contribution in [2.45, 2.75) is 0 Å². The molecule has 11 heavy (non-hydrogen) atoms. The molecule has 0 aromatic heterocycles. The van der Waals surface area contributed by atoms with Crippen molar-refractivity contribution < 1.29 is 17.7 Å². The summed E-state index contributed by atoms with van der Waals surface area (Å²) in [5.74, 6) is -4.28. The predicted octanol–water partition coefficient (Wildman–Crippen LogP) is 2.02. The normalized spacial score (nSPS) is 10.5. The summed E-state index contributed by atoms with van der Waals surface area (Å²) in [4.78, 5) is 0. The van der Waals surface area contributed by atoms with E-state index in [-0.39, 0.29) is 5.30 Å². The van der Waals surface area contributed by atoms with E-state index in [1.54, 1.807) is 0 Å². The Hall–Kier alpha value is -0.890. The van der Waals surface area contributed by atoms with Gasteiger partial charge in [0.2, 0.25) is 0 Å². The molecule has 5 heteroatoms. The van der Waals surface area contributed by atoms with Crippen molar-refractivity contribution in [1.29, 1.82) is 0 Å². The van der Waals surface area contributed by atoms with E-state index in [4.69, 9.17) is 0 Å². The molecule has 0 aliphatic heterocycles. The molecule has 1 aromatic carbocycles. The highest BCUT2D eigenvalue weighted by atomic mass is 31.1. The maximum atomic E-state index is 12.4. The van der Waals surface area contributed by atoms with Crippen LogP contribution in [0.5, 0.6) is 0 Å². The van der Waals surface area contributed by atoms with Crippen molar-refractivity contribution in [3.05, 3.63) is 29.6 Å². The third kappa shape index (κ3) is 1.40. The molecule has 58 valence electrons. The van der Waals surface area contributed by atoms with Gasteiger partial charge in [0.25, 0.3) is 0 Å². The first-order valence-corrected chi connectivity index (χ1v) is 3.45. The van der Waals surface area contributed by atoms with Crippen molar-refractivity contribution in [2.24, 2.45) is 0 Å². The van der Waals surface area contributed by atoms with E-state index < -0.39 is 25.9 Å². The fourth-order valence-corrected chi connectivity index (χ4v) is 0.900. The average Bonchev–Trinajstić information content (AvgIpc) is 2.01. The fraction of sp³-hybridized carbons (Fsp3) is 0. The van der Waals surface area contributed by atoms with Gasteiger partial charge in [0.15, 0.2) is 25.9 Å². The highest BCUT2D eigenvalue weighted by Crippen LogP contribution is 2.10. The quantitative estimate of drug-likeness (QED) is 0.474. The molecule has 0 atom stereocenters. The summed E-state index contributed by atoms with van der Waals surface area (Å²) >= 11 is 0. The average molecular weight is 178 g/mol. The van der Waals surface area contributed by atoms with E-state index in [2.05, 4.69) is 0 Å². The first kappa shape index (κ1) is 8.21. The van der Waals surface area contributed by atoms with Crippen molar-refractivity contribution in [2.75, 3.05) is 0 Å². The van der Waals surface area contributed by atoms with Gasteiger partial charge in [-0.15, -0.1) is 0 Å². The molecule has 1 aromatic rings. The lowest BCUT2D eigenvalue weighted by atomic mass is 10.3. The van der Waals surface area contributed by atoms with Crippen LogP contribution >= 0.6 is 8.46 Å². The van der Waals surface area contributed by atoms with E-state index in [0.29, 0.717) is 0 Å². The summed E-state index contributed by atoms with van der Waals surface area (Å²) in [6.45, 7) is 0. The molecule has 0 bridgehead atoms. The first-order chi connectivity index (χ1) is 5.16. The topological polar surface area (TPSA) is 17.1 Å². The molecule has 0 spiro atoms. The summed E-state index contributed by atoms with van der Waals surface area (Å²) < 4.78 is 47.0.